The summed E-state index contributed by atoms with van der Waals surface area (Å²) in [6, 6.07) is 12.8. The third-order valence-electron chi connectivity index (χ3n) is 4.60. The van der Waals surface area contributed by atoms with Crippen LogP contribution in [0.15, 0.2) is 36.4 Å². The molecule has 0 aliphatic carbocycles. The molecule has 25 heavy (non-hydrogen) atoms. The van der Waals surface area contributed by atoms with Gasteiger partial charge in [-0.3, -0.25) is 4.90 Å². The zero-order valence-corrected chi connectivity index (χ0v) is 15.4. The molecule has 0 unspecified atom stereocenters. The minimum atomic E-state index is 0.759. The molecule has 1 aliphatic rings. The Bertz CT molecular complexity index is 650. The van der Waals surface area contributed by atoms with Crippen molar-refractivity contribution in [2.75, 3.05) is 42.9 Å². The van der Waals surface area contributed by atoms with Gasteiger partial charge in [-0.1, -0.05) is 43.7 Å². The molecule has 0 radical (unpaired) electrons. The minimum absolute atomic E-state index is 0.759. The number of aromatic nitrogens is 2. The van der Waals surface area contributed by atoms with Crippen LogP contribution >= 0.6 is 0 Å². The highest BCUT2D eigenvalue weighted by Gasteiger charge is 2.19. The number of benzene rings is 1. The topological polar surface area (TPSA) is 44.3 Å². The predicted octanol–water partition coefficient (Wildman–Crippen LogP) is 3.32. The molecule has 5 heteroatoms. The highest BCUT2D eigenvalue weighted by molar-refractivity contribution is 5.45. The van der Waals surface area contributed by atoms with Gasteiger partial charge in [0.1, 0.15) is 5.82 Å². The summed E-state index contributed by atoms with van der Waals surface area (Å²) in [5, 5.41) is 3.35. The first-order valence-electron chi connectivity index (χ1n) is 9.35. The number of hydrogen-bond donors (Lipinski definition) is 1. The van der Waals surface area contributed by atoms with Crippen molar-refractivity contribution in [1.29, 1.82) is 0 Å². The van der Waals surface area contributed by atoms with Gasteiger partial charge in [-0.2, -0.15) is 4.98 Å². The number of unbranched alkanes of at least 4 members (excludes halogenated alkanes) is 1. The Kier molecular flexibility index (Phi) is 6.23. The van der Waals surface area contributed by atoms with Crippen molar-refractivity contribution in [2.24, 2.45) is 0 Å². The average molecular weight is 339 g/mol. The fourth-order valence-corrected chi connectivity index (χ4v) is 3.15. The molecule has 0 bridgehead atoms. The number of piperazine rings is 1. The van der Waals surface area contributed by atoms with Crippen LogP contribution in [0, 0.1) is 6.92 Å². The summed E-state index contributed by atoms with van der Waals surface area (Å²) in [6.07, 6.45) is 2.32. The summed E-state index contributed by atoms with van der Waals surface area (Å²) in [6.45, 7) is 10.4. The van der Waals surface area contributed by atoms with E-state index in [1.807, 2.05) is 6.92 Å². The number of anilines is 2. The second kappa shape index (κ2) is 8.81. The molecule has 134 valence electrons. The van der Waals surface area contributed by atoms with Crippen LogP contribution in [0.2, 0.25) is 0 Å². The molecule has 0 saturated carbocycles. The Labute approximate surface area is 151 Å². The van der Waals surface area contributed by atoms with E-state index in [0.717, 1.165) is 63.1 Å². The smallest absolute Gasteiger partial charge is 0.224 e. The summed E-state index contributed by atoms with van der Waals surface area (Å²) in [7, 11) is 0. The van der Waals surface area contributed by atoms with Crippen molar-refractivity contribution in [3.63, 3.8) is 0 Å². The van der Waals surface area contributed by atoms with Gasteiger partial charge in [0.15, 0.2) is 0 Å². The maximum absolute atomic E-state index is 4.72. The summed E-state index contributed by atoms with van der Waals surface area (Å²) < 4.78 is 0. The Hall–Kier alpha value is -2.14. The van der Waals surface area contributed by atoms with Crippen molar-refractivity contribution in [3.8, 4) is 0 Å². The Morgan fingerprint density at radius 1 is 1.04 bits per heavy atom. The third kappa shape index (κ3) is 5.16. The monoisotopic (exact) mass is 339 g/mol. The predicted molar refractivity (Wildman–Crippen MR) is 104 cm³/mol. The average Bonchev–Trinajstić information content (AvgIpc) is 2.63. The van der Waals surface area contributed by atoms with Gasteiger partial charge < -0.3 is 10.2 Å². The number of aryl methyl sites for hydroxylation is 1. The van der Waals surface area contributed by atoms with Gasteiger partial charge in [-0.15, -0.1) is 0 Å². The molecule has 1 aromatic carbocycles. The molecular weight excluding hydrogens is 310 g/mol. The second-order valence-electron chi connectivity index (χ2n) is 6.72. The van der Waals surface area contributed by atoms with Gasteiger partial charge in [-0.05, 0) is 18.9 Å². The van der Waals surface area contributed by atoms with Crippen molar-refractivity contribution in [2.45, 2.75) is 33.2 Å². The molecular formula is C20H29N5. The maximum atomic E-state index is 4.72. The van der Waals surface area contributed by atoms with Crippen molar-refractivity contribution in [1.82, 2.24) is 14.9 Å². The largest absolute Gasteiger partial charge is 0.354 e. The molecule has 0 amide bonds. The Balaban J connectivity index is 1.57. The summed E-state index contributed by atoms with van der Waals surface area (Å²) in [4.78, 5) is 14.1. The van der Waals surface area contributed by atoms with E-state index in [1.165, 1.54) is 12.0 Å². The number of nitrogens with one attached hydrogen (secondary N) is 1. The van der Waals surface area contributed by atoms with E-state index >= 15 is 0 Å². The van der Waals surface area contributed by atoms with Gasteiger partial charge >= 0.3 is 0 Å². The van der Waals surface area contributed by atoms with Gasteiger partial charge in [0.05, 0.1) is 0 Å². The maximum Gasteiger partial charge on any atom is 0.224 e. The first-order chi connectivity index (χ1) is 12.2. The van der Waals surface area contributed by atoms with E-state index in [0.29, 0.717) is 0 Å². The van der Waals surface area contributed by atoms with Crippen molar-refractivity contribution in [3.05, 3.63) is 47.7 Å². The summed E-state index contributed by atoms with van der Waals surface area (Å²) in [5.74, 6) is 1.81. The lowest BCUT2D eigenvalue weighted by molar-refractivity contribution is 0.249. The minimum Gasteiger partial charge on any atom is -0.354 e. The van der Waals surface area contributed by atoms with Crippen LogP contribution < -0.4 is 10.2 Å². The Morgan fingerprint density at radius 2 is 1.80 bits per heavy atom. The van der Waals surface area contributed by atoms with E-state index in [9.17, 15) is 0 Å². The van der Waals surface area contributed by atoms with E-state index in [2.05, 4.69) is 63.4 Å². The van der Waals surface area contributed by atoms with E-state index < -0.39 is 0 Å². The van der Waals surface area contributed by atoms with Crippen molar-refractivity contribution < 1.29 is 0 Å². The fraction of sp³-hybridized carbons (Fsp3) is 0.500. The van der Waals surface area contributed by atoms with Crippen LogP contribution in [0.4, 0.5) is 11.8 Å². The molecule has 3 rings (SSSR count). The first-order valence-corrected chi connectivity index (χ1v) is 9.35. The molecule has 2 aromatic rings. The number of nitrogens with zero attached hydrogens (tertiary/aromatic N) is 4. The molecule has 1 aromatic heterocycles. The zero-order valence-electron chi connectivity index (χ0n) is 15.4. The molecule has 1 N–H and O–H groups in total. The van der Waals surface area contributed by atoms with Crippen LogP contribution in [0.1, 0.15) is 31.0 Å². The molecule has 5 nitrogen and oxygen atoms in total. The normalized spacial score (nSPS) is 15.4. The fourth-order valence-electron chi connectivity index (χ4n) is 3.15. The standard InChI is InChI=1S/C20H29N5/c1-3-4-10-21-20-22-17(2)15-19(23-20)25-13-11-24(12-14-25)16-18-8-6-5-7-9-18/h5-9,15H,3-4,10-14,16H2,1-2H3,(H,21,22,23). The highest BCUT2D eigenvalue weighted by Crippen LogP contribution is 2.18. The highest BCUT2D eigenvalue weighted by atomic mass is 15.3. The molecule has 0 spiro atoms. The van der Waals surface area contributed by atoms with Crippen LogP contribution in [-0.2, 0) is 6.54 Å². The number of rotatable bonds is 7. The molecule has 0 atom stereocenters. The summed E-state index contributed by atoms with van der Waals surface area (Å²) >= 11 is 0. The number of hydrogen-bond acceptors (Lipinski definition) is 5. The van der Waals surface area contributed by atoms with E-state index in [4.69, 9.17) is 4.98 Å². The van der Waals surface area contributed by atoms with Crippen LogP contribution in [0.5, 0.6) is 0 Å². The van der Waals surface area contributed by atoms with Gasteiger partial charge in [0, 0.05) is 51.0 Å². The van der Waals surface area contributed by atoms with Crippen molar-refractivity contribution >= 4 is 11.8 Å². The molecule has 2 heterocycles. The first kappa shape index (κ1) is 17.7. The quantitative estimate of drug-likeness (QED) is 0.784. The van der Waals surface area contributed by atoms with Crippen LogP contribution in [0.25, 0.3) is 0 Å². The Morgan fingerprint density at radius 3 is 2.52 bits per heavy atom. The zero-order chi connectivity index (χ0) is 17.5. The molecule has 1 fully saturated rings. The lowest BCUT2D eigenvalue weighted by Crippen LogP contribution is -2.46. The summed E-state index contributed by atoms with van der Waals surface area (Å²) in [5.41, 5.74) is 2.41. The van der Waals surface area contributed by atoms with E-state index in [1.54, 1.807) is 0 Å². The van der Waals surface area contributed by atoms with Gasteiger partial charge in [-0.25, -0.2) is 4.98 Å². The van der Waals surface area contributed by atoms with Crippen LogP contribution in [0.3, 0.4) is 0 Å². The van der Waals surface area contributed by atoms with Gasteiger partial charge in [0.2, 0.25) is 5.95 Å². The SMILES string of the molecule is CCCCNc1nc(C)cc(N2CCN(Cc3ccccc3)CC2)n1. The van der Waals surface area contributed by atoms with E-state index in [-0.39, 0.29) is 0 Å². The molecule has 1 saturated heterocycles. The third-order valence-corrected chi connectivity index (χ3v) is 4.60. The lowest BCUT2D eigenvalue weighted by atomic mass is 10.2. The van der Waals surface area contributed by atoms with Gasteiger partial charge in [0.25, 0.3) is 0 Å². The molecule has 1 aliphatic heterocycles. The van der Waals surface area contributed by atoms with Crippen LogP contribution in [-0.4, -0.2) is 47.6 Å². The second-order valence-corrected chi connectivity index (χ2v) is 6.72. The lowest BCUT2D eigenvalue weighted by Gasteiger charge is -2.35.